The molecule has 22 heavy (non-hydrogen) atoms. The summed E-state index contributed by atoms with van der Waals surface area (Å²) < 4.78 is 1.80. The highest BCUT2D eigenvalue weighted by molar-refractivity contribution is 6.31. The van der Waals surface area contributed by atoms with Crippen LogP contribution in [0.15, 0.2) is 42.7 Å². The monoisotopic (exact) mass is 314 g/mol. The third kappa shape index (κ3) is 3.09. The number of carbonyl (C=O) groups is 1. The number of pyridine rings is 1. The number of hydrogen-bond donors (Lipinski definition) is 1. The number of aryl methyl sites for hydroxylation is 1. The van der Waals surface area contributed by atoms with E-state index in [1.54, 1.807) is 35.1 Å². The maximum Gasteiger partial charge on any atom is 0.252 e. The SMILES string of the molecule is Cc1ccn(CCNC(=O)c2ccnc3ccc(Cl)cc23)n1. The summed E-state index contributed by atoms with van der Waals surface area (Å²) in [5.74, 6) is -0.140. The topological polar surface area (TPSA) is 59.8 Å². The van der Waals surface area contributed by atoms with Crippen LogP contribution < -0.4 is 5.32 Å². The molecule has 1 N–H and O–H groups in total. The second-order valence-corrected chi connectivity index (χ2v) is 5.43. The minimum absolute atomic E-state index is 0.140. The molecule has 0 bridgehead atoms. The fraction of sp³-hybridized carbons (Fsp3) is 0.188. The Morgan fingerprint density at radius 3 is 2.95 bits per heavy atom. The van der Waals surface area contributed by atoms with Gasteiger partial charge in [-0.1, -0.05) is 11.6 Å². The van der Waals surface area contributed by atoms with Crippen molar-refractivity contribution in [2.45, 2.75) is 13.5 Å². The van der Waals surface area contributed by atoms with E-state index in [0.29, 0.717) is 23.7 Å². The van der Waals surface area contributed by atoms with Crippen LogP contribution in [-0.4, -0.2) is 27.2 Å². The van der Waals surface area contributed by atoms with Gasteiger partial charge in [0.1, 0.15) is 0 Å². The number of aromatic nitrogens is 3. The second kappa shape index (κ2) is 6.15. The zero-order valence-electron chi connectivity index (χ0n) is 12.1. The zero-order valence-corrected chi connectivity index (χ0v) is 12.8. The minimum Gasteiger partial charge on any atom is -0.350 e. The number of amides is 1. The van der Waals surface area contributed by atoms with Gasteiger partial charge in [-0.2, -0.15) is 5.10 Å². The summed E-state index contributed by atoms with van der Waals surface area (Å²) in [5.41, 5.74) is 2.28. The van der Waals surface area contributed by atoms with Crippen molar-refractivity contribution in [1.29, 1.82) is 0 Å². The van der Waals surface area contributed by atoms with Crippen LogP contribution in [0.1, 0.15) is 16.1 Å². The average molecular weight is 315 g/mol. The Morgan fingerprint density at radius 2 is 2.18 bits per heavy atom. The molecule has 3 rings (SSSR count). The van der Waals surface area contributed by atoms with E-state index in [1.165, 1.54) is 0 Å². The van der Waals surface area contributed by atoms with Crippen molar-refractivity contribution in [2.24, 2.45) is 0 Å². The molecule has 0 aliphatic carbocycles. The maximum atomic E-state index is 12.4. The Morgan fingerprint density at radius 1 is 1.32 bits per heavy atom. The smallest absolute Gasteiger partial charge is 0.252 e. The quantitative estimate of drug-likeness (QED) is 0.805. The van der Waals surface area contributed by atoms with Gasteiger partial charge in [-0.05, 0) is 37.3 Å². The molecule has 112 valence electrons. The predicted octanol–water partition coefficient (Wildman–Crippen LogP) is 2.82. The Kier molecular flexibility index (Phi) is 4.06. The third-order valence-electron chi connectivity index (χ3n) is 3.35. The van der Waals surface area contributed by atoms with E-state index in [4.69, 9.17) is 11.6 Å². The molecule has 3 aromatic rings. The van der Waals surface area contributed by atoms with E-state index in [0.717, 1.165) is 16.6 Å². The average Bonchev–Trinajstić information content (AvgIpc) is 2.92. The first kappa shape index (κ1) is 14.5. The fourth-order valence-electron chi connectivity index (χ4n) is 2.28. The molecule has 2 aromatic heterocycles. The molecule has 0 saturated heterocycles. The van der Waals surface area contributed by atoms with Gasteiger partial charge < -0.3 is 5.32 Å². The highest BCUT2D eigenvalue weighted by Crippen LogP contribution is 2.21. The Balaban J connectivity index is 1.73. The number of carbonyl (C=O) groups excluding carboxylic acids is 1. The molecule has 1 amide bonds. The molecule has 0 unspecified atom stereocenters. The first-order chi connectivity index (χ1) is 10.6. The highest BCUT2D eigenvalue weighted by atomic mass is 35.5. The van der Waals surface area contributed by atoms with E-state index >= 15 is 0 Å². The van der Waals surface area contributed by atoms with Gasteiger partial charge in [0.05, 0.1) is 23.3 Å². The van der Waals surface area contributed by atoms with Crippen molar-refractivity contribution >= 4 is 28.4 Å². The lowest BCUT2D eigenvalue weighted by molar-refractivity contribution is 0.0953. The Bertz CT molecular complexity index is 828. The molecule has 0 spiro atoms. The molecule has 0 aliphatic heterocycles. The van der Waals surface area contributed by atoms with E-state index in [1.807, 2.05) is 19.2 Å². The van der Waals surface area contributed by atoms with Gasteiger partial charge in [0.2, 0.25) is 0 Å². The molecule has 0 atom stereocenters. The van der Waals surface area contributed by atoms with E-state index in [2.05, 4.69) is 15.4 Å². The van der Waals surface area contributed by atoms with Crippen molar-refractivity contribution < 1.29 is 4.79 Å². The number of fused-ring (bicyclic) bond motifs is 1. The summed E-state index contributed by atoms with van der Waals surface area (Å²) in [5, 5.41) is 8.51. The third-order valence-corrected chi connectivity index (χ3v) is 3.58. The summed E-state index contributed by atoms with van der Waals surface area (Å²) in [7, 11) is 0. The van der Waals surface area contributed by atoms with Crippen molar-refractivity contribution in [3.05, 3.63) is 59.0 Å². The normalized spacial score (nSPS) is 10.8. The molecular formula is C16H15ClN4O. The maximum absolute atomic E-state index is 12.4. The minimum atomic E-state index is -0.140. The van der Waals surface area contributed by atoms with Crippen LogP contribution in [0.2, 0.25) is 5.02 Å². The van der Waals surface area contributed by atoms with Crippen LogP contribution in [0.25, 0.3) is 10.9 Å². The summed E-state index contributed by atoms with van der Waals surface area (Å²) in [6.07, 6.45) is 3.52. The van der Waals surface area contributed by atoms with Crippen LogP contribution in [0, 0.1) is 6.92 Å². The van der Waals surface area contributed by atoms with Crippen molar-refractivity contribution in [3.8, 4) is 0 Å². The summed E-state index contributed by atoms with van der Waals surface area (Å²) >= 11 is 6.01. The predicted molar refractivity (Wildman–Crippen MR) is 86.1 cm³/mol. The van der Waals surface area contributed by atoms with E-state index in [-0.39, 0.29) is 5.91 Å². The van der Waals surface area contributed by atoms with Gasteiger partial charge in [0, 0.05) is 29.3 Å². The lowest BCUT2D eigenvalue weighted by atomic mass is 10.1. The number of nitrogens with one attached hydrogen (secondary N) is 1. The molecule has 0 radical (unpaired) electrons. The van der Waals surface area contributed by atoms with Crippen LogP contribution in [0.3, 0.4) is 0 Å². The molecule has 6 heteroatoms. The molecular weight excluding hydrogens is 300 g/mol. The number of rotatable bonds is 4. The standard InChI is InChI=1S/C16H15ClN4O/c1-11-5-8-21(20-11)9-7-19-16(22)13-4-6-18-15-3-2-12(17)10-14(13)15/h2-6,8,10H,7,9H2,1H3,(H,19,22). The number of benzene rings is 1. The van der Waals surface area contributed by atoms with E-state index in [9.17, 15) is 4.79 Å². The van der Waals surface area contributed by atoms with E-state index < -0.39 is 0 Å². The van der Waals surface area contributed by atoms with Gasteiger partial charge in [-0.25, -0.2) is 0 Å². The molecule has 1 aromatic carbocycles. The molecule has 0 fully saturated rings. The Hall–Kier alpha value is -2.40. The molecule has 0 saturated carbocycles. The zero-order chi connectivity index (χ0) is 15.5. The second-order valence-electron chi connectivity index (χ2n) is 5.00. The van der Waals surface area contributed by atoms with Crippen LogP contribution in [0.4, 0.5) is 0 Å². The van der Waals surface area contributed by atoms with Crippen LogP contribution in [-0.2, 0) is 6.54 Å². The number of nitrogens with zero attached hydrogens (tertiary/aromatic N) is 3. The van der Waals surface area contributed by atoms with Crippen molar-refractivity contribution in [2.75, 3.05) is 6.54 Å². The lowest BCUT2D eigenvalue weighted by Crippen LogP contribution is -2.27. The van der Waals surface area contributed by atoms with Crippen LogP contribution >= 0.6 is 11.6 Å². The van der Waals surface area contributed by atoms with Gasteiger partial charge in [-0.15, -0.1) is 0 Å². The van der Waals surface area contributed by atoms with Gasteiger partial charge >= 0.3 is 0 Å². The van der Waals surface area contributed by atoms with Crippen molar-refractivity contribution in [3.63, 3.8) is 0 Å². The first-order valence-electron chi connectivity index (χ1n) is 6.96. The first-order valence-corrected chi connectivity index (χ1v) is 7.34. The number of halogens is 1. The largest absolute Gasteiger partial charge is 0.350 e. The molecule has 0 aliphatic rings. The fourth-order valence-corrected chi connectivity index (χ4v) is 2.46. The Labute approximate surface area is 132 Å². The van der Waals surface area contributed by atoms with Gasteiger partial charge in [0.25, 0.3) is 5.91 Å². The lowest BCUT2D eigenvalue weighted by Gasteiger charge is -2.08. The molecule has 5 nitrogen and oxygen atoms in total. The summed E-state index contributed by atoms with van der Waals surface area (Å²) in [4.78, 5) is 16.6. The number of hydrogen-bond acceptors (Lipinski definition) is 3. The van der Waals surface area contributed by atoms with Gasteiger partial charge in [-0.3, -0.25) is 14.5 Å². The molecule has 2 heterocycles. The summed E-state index contributed by atoms with van der Waals surface area (Å²) in [6.45, 7) is 3.07. The van der Waals surface area contributed by atoms with Crippen LogP contribution in [0.5, 0.6) is 0 Å². The van der Waals surface area contributed by atoms with Crippen molar-refractivity contribution in [1.82, 2.24) is 20.1 Å². The summed E-state index contributed by atoms with van der Waals surface area (Å²) in [6, 6.07) is 8.96. The van der Waals surface area contributed by atoms with Gasteiger partial charge in [0.15, 0.2) is 0 Å². The highest BCUT2D eigenvalue weighted by Gasteiger charge is 2.10.